The first-order valence-electron chi connectivity index (χ1n) is 7.29. The van der Waals surface area contributed by atoms with Crippen LogP contribution in [0.4, 0.5) is 5.69 Å². The SMILES string of the molecule is Cc1nc(C(=O)NS(=O)(=O)c2cc3c(cc2C)NC(=O)C(C)O3)co1. The van der Waals surface area contributed by atoms with Gasteiger partial charge in [0.15, 0.2) is 17.7 Å². The second-order valence-electron chi connectivity index (χ2n) is 5.55. The van der Waals surface area contributed by atoms with Crippen LogP contribution in [-0.4, -0.2) is 31.3 Å². The van der Waals surface area contributed by atoms with E-state index in [4.69, 9.17) is 9.15 Å². The van der Waals surface area contributed by atoms with Crippen molar-refractivity contribution in [3.8, 4) is 5.75 Å². The lowest BCUT2D eigenvalue weighted by Gasteiger charge is -2.24. The number of carbonyl (C=O) groups is 2. The van der Waals surface area contributed by atoms with Crippen molar-refractivity contribution in [2.24, 2.45) is 0 Å². The van der Waals surface area contributed by atoms with Gasteiger partial charge >= 0.3 is 0 Å². The minimum absolute atomic E-state index is 0.136. The smallest absolute Gasteiger partial charge is 0.286 e. The van der Waals surface area contributed by atoms with Crippen LogP contribution in [0.15, 0.2) is 27.7 Å². The van der Waals surface area contributed by atoms with Gasteiger partial charge in [-0.2, -0.15) is 0 Å². The van der Waals surface area contributed by atoms with Gasteiger partial charge in [0.2, 0.25) is 0 Å². The molecular weight excluding hydrogens is 350 g/mol. The summed E-state index contributed by atoms with van der Waals surface area (Å²) in [7, 11) is -4.17. The first kappa shape index (κ1) is 17.0. The maximum absolute atomic E-state index is 12.5. The van der Waals surface area contributed by atoms with Crippen molar-refractivity contribution in [1.82, 2.24) is 9.71 Å². The molecule has 2 aromatic rings. The molecule has 2 N–H and O–H groups in total. The molecule has 0 bridgehead atoms. The van der Waals surface area contributed by atoms with Crippen molar-refractivity contribution in [2.75, 3.05) is 5.32 Å². The van der Waals surface area contributed by atoms with Crippen LogP contribution < -0.4 is 14.8 Å². The van der Waals surface area contributed by atoms with Gasteiger partial charge in [-0.3, -0.25) is 9.59 Å². The summed E-state index contributed by atoms with van der Waals surface area (Å²) in [6.07, 6.45) is 0.318. The molecule has 0 spiro atoms. The fourth-order valence-electron chi connectivity index (χ4n) is 2.33. The molecule has 0 saturated carbocycles. The second-order valence-corrected chi connectivity index (χ2v) is 7.20. The quantitative estimate of drug-likeness (QED) is 0.834. The molecule has 1 unspecified atom stereocenters. The number of aryl methyl sites for hydroxylation is 2. The Balaban J connectivity index is 1.93. The van der Waals surface area contributed by atoms with E-state index in [1.54, 1.807) is 13.8 Å². The zero-order valence-corrected chi connectivity index (χ0v) is 14.4. The molecule has 1 aliphatic rings. The lowest BCUT2D eigenvalue weighted by molar-refractivity contribution is -0.122. The number of rotatable bonds is 3. The molecule has 0 aliphatic carbocycles. The topological polar surface area (TPSA) is 128 Å². The third-order valence-electron chi connectivity index (χ3n) is 3.58. The zero-order chi connectivity index (χ0) is 18.4. The van der Waals surface area contributed by atoms with E-state index >= 15 is 0 Å². The molecule has 1 atom stereocenters. The summed E-state index contributed by atoms with van der Waals surface area (Å²) in [5.41, 5.74) is 0.570. The molecule has 1 aliphatic heterocycles. The lowest BCUT2D eigenvalue weighted by atomic mass is 10.1. The van der Waals surface area contributed by atoms with Crippen LogP contribution in [0.2, 0.25) is 0 Å². The van der Waals surface area contributed by atoms with Gasteiger partial charge in [-0.1, -0.05) is 0 Å². The fourth-order valence-corrected chi connectivity index (χ4v) is 3.53. The summed E-state index contributed by atoms with van der Waals surface area (Å²) in [6, 6.07) is 2.74. The van der Waals surface area contributed by atoms with Crippen molar-refractivity contribution in [3.63, 3.8) is 0 Å². The molecule has 2 amide bonds. The van der Waals surface area contributed by atoms with Crippen molar-refractivity contribution >= 4 is 27.5 Å². The first-order valence-corrected chi connectivity index (χ1v) is 8.77. The number of hydrogen-bond acceptors (Lipinski definition) is 7. The number of nitrogens with one attached hydrogen (secondary N) is 2. The van der Waals surface area contributed by atoms with Crippen molar-refractivity contribution in [3.05, 3.63) is 35.5 Å². The lowest BCUT2D eigenvalue weighted by Crippen LogP contribution is -2.35. The van der Waals surface area contributed by atoms with Gasteiger partial charge in [0.25, 0.3) is 21.8 Å². The summed E-state index contributed by atoms with van der Waals surface area (Å²) in [4.78, 5) is 27.3. The van der Waals surface area contributed by atoms with Gasteiger partial charge in [-0.05, 0) is 25.5 Å². The van der Waals surface area contributed by atoms with Gasteiger partial charge in [-0.15, -0.1) is 0 Å². The Bertz CT molecular complexity index is 979. The number of carbonyl (C=O) groups excluding carboxylic acids is 2. The van der Waals surface area contributed by atoms with Gasteiger partial charge < -0.3 is 14.5 Å². The summed E-state index contributed by atoms with van der Waals surface area (Å²) in [5.74, 6) is -0.776. The van der Waals surface area contributed by atoms with Crippen LogP contribution in [0.1, 0.15) is 28.9 Å². The summed E-state index contributed by atoms with van der Waals surface area (Å²) in [6.45, 7) is 4.62. The van der Waals surface area contributed by atoms with E-state index in [0.717, 1.165) is 6.26 Å². The Morgan fingerprint density at radius 3 is 2.68 bits per heavy atom. The molecule has 2 heterocycles. The minimum Gasteiger partial charge on any atom is -0.479 e. The molecule has 0 fully saturated rings. The molecule has 10 heteroatoms. The fraction of sp³-hybridized carbons (Fsp3) is 0.267. The zero-order valence-electron chi connectivity index (χ0n) is 13.6. The molecule has 0 saturated heterocycles. The number of ether oxygens (including phenoxy) is 1. The number of hydrogen-bond donors (Lipinski definition) is 2. The highest BCUT2D eigenvalue weighted by Gasteiger charge is 2.28. The molecule has 1 aromatic heterocycles. The van der Waals surface area contributed by atoms with Gasteiger partial charge in [-0.25, -0.2) is 18.1 Å². The van der Waals surface area contributed by atoms with Gasteiger partial charge in [0, 0.05) is 13.0 Å². The number of benzene rings is 1. The highest BCUT2D eigenvalue weighted by atomic mass is 32.2. The predicted molar refractivity (Wildman–Crippen MR) is 85.8 cm³/mol. The molecule has 1 aromatic carbocycles. The second kappa shape index (κ2) is 5.88. The summed E-state index contributed by atoms with van der Waals surface area (Å²) < 4.78 is 37.3. The Morgan fingerprint density at radius 2 is 2.04 bits per heavy atom. The van der Waals surface area contributed by atoms with Gasteiger partial charge in [0.05, 0.1) is 10.6 Å². The van der Waals surface area contributed by atoms with Crippen molar-refractivity contribution in [1.29, 1.82) is 0 Å². The number of nitrogens with zero attached hydrogens (tertiary/aromatic N) is 1. The normalized spacial score (nSPS) is 16.6. The Labute approximate surface area is 143 Å². The Morgan fingerprint density at radius 1 is 1.32 bits per heavy atom. The van der Waals surface area contributed by atoms with E-state index in [-0.39, 0.29) is 28.1 Å². The van der Waals surface area contributed by atoms with Crippen LogP contribution in [-0.2, 0) is 14.8 Å². The van der Waals surface area contributed by atoms with E-state index in [0.29, 0.717) is 11.3 Å². The van der Waals surface area contributed by atoms with Crippen LogP contribution in [0, 0.1) is 13.8 Å². The van der Waals surface area contributed by atoms with E-state index < -0.39 is 22.0 Å². The largest absolute Gasteiger partial charge is 0.479 e. The molecule has 132 valence electrons. The summed E-state index contributed by atoms with van der Waals surface area (Å²) >= 11 is 0. The summed E-state index contributed by atoms with van der Waals surface area (Å²) in [5, 5.41) is 2.63. The van der Waals surface area contributed by atoms with Crippen molar-refractivity contribution < 1.29 is 27.2 Å². The van der Waals surface area contributed by atoms with Crippen molar-refractivity contribution in [2.45, 2.75) is 31.8 Å². The number of oxazole rings is 1. The average Bonchev–Trinajstić information content (AvgIpc) is 2.94. The minimum atomic E-state index is -4.17. The third kappa shape index (κ3) is 3.20. The van der Waals surface area contributed by atoms with E-state index in [1.165, 1.54) is 19.1 Å². The molecule has 3 rings (SSSR count). The molecular formula is C15H15N3O6S. The van der Waals surface area contributed by atoms with E-state index in [1.807, 2.05) is 4.72 Å². The molecule has 0 radical (unpaired) electrons. The molecule has 25 heavy (non-hydrogen) atoms. The average molecular weight is 365 g/mol. The van der Waals surface area contributed by atoms with Crippen LogP contribution >= 0.6 is 0 Å². The number of sulfonamides is 1. The Hall–Kier alpha value is -2.88. The maximum Gasteiger partial charge on any atom is 0.286 e. The number of amides is 2. The van der Waals surface area contributed by atoms with Crippen LogP contribution in [0.25, 0.3) is 0 Å². The monoisotopic (exact) mass is 365 g/mol. The third-order valence-corrected chi connectivity index (χ3v) is 5.05. The van der Waals surface area contributed by atoms with Crippen LogP contribution in [0.3, 0.4) is 0 Å². The highest BCUT2D eigenvalue weighted by molar-refractivity contribution is 7.90. The maximum atomic E-state index is 12.5. The standard InChI is InChI=1S/C15H15N3O6S/c1-7-4-10-12(24-8(2)14(19)17-10)5-13(7)25(21,22)18-15(20)11-6-23-9(3)16-11/h4-6,8H,1-3H3,(H,17,19)(H,18,20). The number of aromatic nitrogens is 1. The van der Waals surface area contributed by atoms with E-state index in [9.17, 15) is 18.0 Å². The highest BCUT2D eigenvalue weighted by Crippen LogP contribution is 2.34. The first-order chi connectivity index (χ1) is 11.7. The molecule has 9 nitrogen and oxygen atoms in total. The van der Waals surface area contributed by atoms with Gasteiger partial charge in [0.1, 0.15) is 12.0 Å². The Kier molecular flexibility index (Phi) is 3.99. The van der Waals surface area contributed by atoms with E-state index in [2.05, 4.69) is 10.3 Å². The predicted octanol–water partition coefficient (Wildman–Crippen LogP) is 1.13. The van der Waals surface area contributed by atoms with Crippen LogP contribution in [0.5, 0.6) is 5.75 Å². The number of fused-ring (bicyclic) bond motifs is 1. The number of anilines is 1.